The predicted molar refractivity (Wildman–Crippen MR) is 593 cm³/mol. The van der Waals surface area contributed by atoms with Crippen molar-refractivity contribution in [1.82, 2.24) is 0 Å². The van der Waals surface area contributed by atoms with Crippen LogP contribution >= 0.6 is 0 Å². The molecule has 10 heteroatoms. The van der Waals surface area contributed by atoms with Crippen molar-refractivity contribution in [3.63, 3.8) is 0 Å². The van der Waals surface area contributed by atoms with Gasteiger partial charge in [0.2, 0.25) is 0 Å². The van der Waals surface area contributed by atoms with Gasteiger partial charge in [-0.15, -0.1) is 6.58 Å². The van der Waals surface area contributed by atoms with Crippen molar-refractivity contribution in [1.29, 1.82) is 0 Å². The predicted octanol–water partition coefficient (Wildman–Crippen LogP) is 30.5. The summed E-state index contributed by atoms with van der Waals surface area (Å²) < 4.78 is 19.1. The first-order chi connectivity index (χ1) is 72.1. The first-order valence-corrected chi connectivity index (χ1v) is 64.1. The first-order valence-electron chi connectivity index (χ1n) is 64.1. The van der Waals surface area contributed by atoms with Gasteiger partial charge in [-0.05, 0) is 558 Å². The molecule has 21 fully saturated rings. The van der Waals surface area contributed by atoms with Crippen LogP contribution < -0.4 is 0 Å². The van der Waals surface area contributed by atoms with E-state index in [0.29, 0.717) is 81.6 Å². The molecule has 0 aromatic rings. The van der Waals surface area contributed by atoms with Gasteiger partial charge in [-0.25, -0.2) is 0 Å². The largest absolute Gasteiger partial charge is 0.462 e. The Morgan fingerprint density at radius 2 is 0.859 bits per heavy atom. The number of ketones is 3. The van der Waals surface area contributed by atoms with E-state index >= 15 is 0 Å². The van der Waals surface area contributed by atoms with Crippen molar-refractivity contribution in [2.75, 3.05) is 19.8 Å². The van der Waals surface area contributed by atoms with Gasteiger partial charge in [-0.2, -0.15) is 0 Å². The lowest BCUT2D eigenvalue weighted by atomic mass is 9.47. The van der Waals surface area contributed by atoms with Gasteiger partial charge in [0.05, 0.1) is 22.4 Å². The van der Waals surface area contributed by atoms with Crippen LogP contribution in [0.15, 0.2) is 153 Å². The Labute approximate surface area is 897 Å². The second kappa shape index (κ2) is 37.3. The fraction of sp³-hybridized carbons (Fsp3) is 0.784. The fourth-order valence-corrected chi connectivity index (χ4v) is 49.3. The van der Waals surface area contributed by atoms with Gasteiger partial charge in [-0.3, -0.25) is 19.2 Å². The topological polar surface area (TPSA) is 157 Å². The lowest BCUT2D eigenvalue weighted by Crippen LogP contribution is -2.56. The molecule has 30 aliphatic carbocycles. The summed E-state index contributed by atoms with van der Waals surface area (Å²) in [6.07, 6.45) is 89.6. The van der Waals surface area contributed by atoms with Gasteiger partial charge < -0.3 is 29.5 Å². The standard InChI is InChI=1S/C25H34O.C24H36O2.C24H34O.C23H30O2.C22H30O3.C21H28O/c1-3-24-9-7-16-15-6-5-14(2)11-17(15)18-12-19(18)22(16)23(24)20-13-21(20)25(24)8-4-10-26-25;1-3-23-11-9-18-17-7-5-15(2)13-16(17)6-8-19(18)22(23)20-14-21(20)24(23,26)10-4-12-25;1-4-11-24(25)21-14-20(21)22-19-9-7-16-13-15(3)6-8-17(16)18(19)10-12-23(22,24)5-2;1-2-22-10-8-17-16-7-5-15(24)12-14(16)4-6-18(17)21(22)19-13-20(19)23(22)9-3-11-25-23;1-4-22-10-9-17-16-7-5-13(2)11-15(16)6-8-18(17)21(22)19(12-20(22)24)25-14(3)23;1-3-21-9-8-15-14-6-4-12(2)10-13(14)5-7-16(15)19(21)17-11-18(17)20(21)22/h11,15-16,18-23H,2-10,12-13H2,1H3;6,13,17-22,25-26H,3-5,7-12,14H2,1-2H3;4,7,13,17-22,25H,1,5-6,8-12,14H2,2-3H3;4,6,12,16-21H,2-3,5,7-11,13H2,1H3;6,11,16-19,21H,4-5,7-10,12H2,1-3H3;5,10,14-19H,3-4,6-9,11H2,1-2H3/t15-,16?,18?,19?,20-,21+,22?,23?,24+,25+;2*17-,18?,19?,20+,21-,22?,23-,24-;16-,17?,18?,19+,20-,21?,22-,23-;16-,17?,18?,19?,21?,22+;14-,15?,16?,17+,18-,19?,21-/m100000/s1. The van der Waals surface area contributed by atoms with E-state index in [9.17, 15) is 34.5 Å². The summed E-state index contributed by atoms with van der Waals surface area (Å²) in [7, 11) is 0. The molecule has 808 valence electrons. The number of hydrogen-bond donors (Lipinski definition) is 3. The number of allylic oxidation sites excluding steroid dienone is 23. The van der Waals surface area contributed by atoms with Crippen molar-refractivity contribution in [3.8, 4) is 0 Å². The molecule has 3 N–H and O–H groups in total. The van der Waals surface area contributed by atoms with Crippen LogP contribution in [0.5, 0.6) is 0 Å². The molecule has 0 amide bonds. The number of Topliss-reactive ketones (excluding diaryl/α,β-unsaturated/α-hetero) is 2. The smallest absolute Gasteiger partial charge is 0.302 e. The van der Waals surface area contributed by atoms with Gasteiger partial charge >= 0.3 is 5.97 Å². The van der Waals surface area contributed by atoms with Gasteiger partial charge in [-0.1, -0.05) is 154 Å². The number of carbonyl (C=O) groups is 4. The van der Waals surface area contributed by atoms with Crippen LogP contribution in [0, 0.1) is 246 Å². The summed E-state index contributed by atoms with van der Waals surface area (Å²) in [5, 5.41) is 33.1. The molecule has 0 aromatic carbocycles. The van der Waals surface area contributed by atoms with Crippen molar-refractivity contribution >= 4 is 23.3 Å². The van der Waals surface area contributed by atoms with Crippen LogP contribution in [-0.4, -0.2) is 87.0 Å². The third kappa shape index (κ3) is 14.7. The van der Waals surface area contributed by atoms with E-state index < -0.39 is 11.2 Å². The van der Waals surface area contributed by atoms with E-state index in [1.807, 2.05) is 17.7 Å². The summed E-state index contributed by atoms with van der Waals surface area (Å²) in [6, 6.07) is 0. The maximum absolute atomic E-state index is 12.9. The highest BCUT2D eigenvalue weighted by atomic mass is 16.5. The normalized spacial score (nSPS) is 52.7. The molecule has 32 rings (SSSR count). The quantitative estimate of drug-likeness (QED) is 0.127. The molecule has 0 aromatic heterocycles. The third-order valence-electron chi connectivity index (χ3n) is 54.8. The molecule has 149 heavy (non-hydrogen) atoms. The zero-order chi connectivity index (χ0) is 102. The van der Waals surface area contributed by atoms with Gasteiger partial charge in [0.25, 0.3) is 0 Å². The second-order valence-corrected chi connectivity index (χ2v) is 58.6. The van der Waals surface area contributed by atoms with Crippen LogP contribution in [0.2, 0.25) is 0 Å². The van der Waals surface area contributed by atoms with Crippen molar-refractivity contribution in [3.05, 3.63) is 153 Å². The third-order valence-corrected chi connectivity index (χ3v) is 54.8. The summed E-state index contributed by atoms with van der Waals surface area (Å²) in [4.78, 5) is 49.4. The van der Waals surface area contributed by atoms with Gasteiger partial charge in [0.15, 0.2) is 5.78 Å². The molecule has 0 bridgehead atoms. The lowest BCUT2D eigenvalue weighted by Gasteiger charge is -2.59. The minimum absolute atomic E-state index is 0.0977. The lowest BCUT2D eigenvalue weighted by molar-refractivity contribution is -0.160. The Balaban J connectivity index is 0.0000000882. The van der Waals surface area contributed by atoms with Crippen LogP contribution in [0.25, 0.3) is 0 Å². The summed E-state index contributed by atoms with van der Waals surface area (Å²) in [6.45, 7) is 35.2. The molecule has 32 aliphatic rings. The first kappa shape index (κ1) is 102. The van der Waals surface area contributed by atoms with Gasteiger partial charge in [0.1, 0.15) is 17.7 Å². The zero-order valence-electron chi connectivity index (χ0n) is 94.0. The van der Waals surface area contributed by atoms with E-state index in [1.165, 1.54) is 254 Å². The SMILES string of the molecule is C=C1C=C2C3CC3C3C(CC[C@@]4(CC)C3[C@@H]3C[C@@H]3[C@@]43CCCO3)[C@H]2CC1.C=CC[C@]1(O)[C@H]2C[C@H]2C2C3CC=C4C=C(C)CC[C@@H]4C3CC[C@@]21CC.CC[C@]12CCC3C(C=CC4=CC(=O)CC[C@@H]43)C1[C@@H]1C[C@@H]1[C@@]21CCCO1.CC[C@]12CCC3C(CC=C4C=C(C)CC[C@@H]43)C1C(OC(C)=O)CC2=O.CC[C@]12CCC3C(CC=C4C=C(C)CC[C@@H]43)C1[C@@H]1C[C@@H]1C2=O.CC[C@]12CCC3C(CC=C4C=C(C)CC[C@@H]43)C1[C@@H]1C[C@@H]1[C@@]2(O)CCCO. The van der Waals surface area contributed by atoms with Crippen LogP contribution in [-0.2, 0) is 33.4 Å². The van der Waals surface area contributed by atoms with Crippen LogP contribution in [0.1, 0.15) is 384 Å². The fourth-order valence-electron chi connectivity index (χ4n) is 49.3. The van der Waals surface area contributed by atoms with E-state index in [-0.39, 0.29) is 51.9 Å². The van der Waals surface area contributed by atoms with Crippen molar-refractivity contribution in [2.24, 2.45) is 246 Å². The van der Waals surface area contributed by atoms with Crippen LogP contribution in [0.3, 0.4) is 0 Å². The van der Waals surface area contributed by atoms with E-state index in [1.54, 1.807) is 33.4 Å². The highest BCUT2D eigenvalue weighted by molar-refractivity contribution is 5.93. The maximum atomic E-state index is 12.9. The molecule has 47 atom stereocenters. The summed E-state index contributed by atoms with van der Waals surface area (Å²) >= 11 is 0. The molecule has 19 saturated carbocycles. The molecule has 2 aliphatic heterocycles. The van der Waals surface area contributed by atoms with Crippen molar-refractivity contribution < 1.29 is 48.7 Å². The molecule has 0 radical (unpaired) electrons. The number of fused-ring (bicyclic) bond motifs is 47. The number of carbonyl (C=O) groups excluding carboxylic acids is 4. The van der Waals surface area contributed by atoms with E-state index in [2.05, 4.69) is 149 Å². The number of hydrogen-bond acceptors (Lipinski definition) is 10. The molecule has 2 saturated heterocycles. The highest BCUT2D eigenvalue weighted by Gasteiger charge is 2.84. The summed E-state index contributed by atoms with van der Waals surface area (Å²) in [5.41, 5.74) is 18.0. The minimum Gasteiger partial charge on any atom is -0.462 e. The van der Waals surface area contributed by atoms with E-state index in [0.717, 1.165) is 256 Å². The average Bonchev–Trinajstić information content (AvgIpc) is 1.47. The summed E-state index contributed by atoms with van der Waals surface area (Å²) in [5.74, 6) is 29.4. The Kier molecular flexibility index (Phi) is 25.5. The number of esters is 1. The number of rotatable bonds is 12. The molecule has 10 nitrogen and oxygen atoms in total. The second-order valence-electron chi connectivity index (χ2n) is 58.6. The minimum atomic E-state index is -0.502. The van der Waals surface area contributed by atoms with E-state index in [4.69, 9.17) is 14.2 Å². The number of aliphatic hydroxyl groups excluding tert-OH is 1. The molecule has 2 heterocycles. The molecule has 21 unspecified atom stereocenters. The molecular weight excluding hydrogens is 1830 g/mol. The average molecular weight is 2020 g/mol. The Morgan fingerprint density at radius 3 is 1.37 bits per heavy atom. The molecule has 2 spiro atoms. The monoisotopic (exact) mass is 2020 g/mol. The maximum Gasteiger partial charge on any atom is 0.302 e. The highest BCUT2D eigenvalue weighted by Crippen LogP contribution is 2.86. The number of ether oxygens (including phenoxy) is 3. The Morgan fingerprint density at radius 1 is 0.416 bits per heavy atom. The Bertz CT molecular complexity index is 5730. The Hall–Kier alpha value is -5.10. The zero-order valence-corrected chi connectivity index (χ0v) is 94.0. The molecular formula is C139H192O10. The van der Waals surface area contributed by atoms with Gasteiger partial charge in [0, 0.05) is 83.9 Å². The number of aliphatic hydroxyl groups is 3. The van der Waals surface area contributed by atoms with Crippen molar-refractivity contribution in [2.45, 2.75) is 413 Å². The van der Waals surface area contributed by atoms with Crippen LogP contribution in [0.4, 0.5) is 0 Å².